The quantitative estimate of drug-likeness (QED) is 0.906. The number of rotatable bonds is 4. The van der Waals surface area contributed by atoms with Crippen LogP contribution in [0.4, 0.5) is 11.4 Å². The summed E-state index contributed by atoms with van der Waals surface area (Å²) in [4.78, 5) is 26.8. The van der Waals surface area contributed by atoms with E-state index in [4.69, 9.17) is 4.74 Å². The van der Waals surface area contributed by atoms with Gasteiger partial charge in [0, 0.05) is 24.1 Å². The first-order valence-corrected chi connectivity index (χ1v) is 6.69. The molecule has 6 nitrogen and oxygen atoms in total. The second-order valence-corrected chi connectivity index (χ2v) is 4.64. The van der Waals surface area contributed by atoms with Crippen LogP contribution in [0.15, 0.2) is 29.1 Å². The maximum atomic E-state index is 11.9. The summed E-state index contributed by atoms with van der Waals surface area (Å²) in [5, 5.41) is 7.02. The molecule has 0 saturated carbocycles. The van der Waals surface area contributed by atoms with Gasteiger partial charge < -0.3 is 15.4 Å². The number of thiazole rings is 1. The molecule has 2 amide bonds. The highest BCUT2D eigenvalue weighted by Crippen LogP contribution is 2.28. The van der Waals surface area contributed by atoms with Crippen molar-refractivity contribution in [3.8, 4) is 5.75 Å². The summed E-state index contributed by atoms with van der Waals surface area (Å²) in [5.41, 5.74) is 3.07. The van der Waals surface area contributed by atoms with Gasteiger partial charge in [-0.1, -0.05) is 0 Å². The summed E-state index contributed by atoms with van der Waals surface area (Å²) in [6.07, 6.45) is 0. The molecule has 1 heterocycles. The van der Waals surface area contributed by atoms with Gasteiger partial charge in [-0.25, -0.2) is 4.98 Å². The number of carbonyl (C=O) groups excluding carboxylic acids is 2. The fourth-order valence-corrected chi connectivity index (χ4v) is 2.11. The van der Waals surface area contributed by atoms with Crippen molar-refractivity contribution in [2.75, 3.05) is 17.7 Å². The fraction of sp³-hybridized carbons (Fsp3) is 0.154. The molecule has 0 saturated heterocycles. The SMILES string of the molecule is COc1cc(NC(=O)c2cscn2)ccc1NC(C)=O. The number of methoxy groups -OCH3 is 1. The number of nitrogens with one attached hydrogen (secondary N) is 2. The highest BCUT2D eigenvalue weighted by Gasteiger charge is 2.10. The Labute approximate surface area is 119 Å². The minimum Gasteiger partial charge on any atom is -0.494 e. The Morgan fingerprint density at radius 3 is 2.70 bits per heavy atom. The topological polar surface area (TPSA) is 80.3 Å². The van der Waals surface area contributed by atoms with Gasteiger partial charge in [-0.05, 0) is 12.1 Å². The summed E-state index contributed by atoms with van der Waals surface area (Å²) in [6, 6.07) is 4.98. The normalized spacial score (nSPS) is 9.90. The van der Waals surface area contributed by atoms with Crippen LogP contribution in [0.2, 0.25) is 0 Å². The number of ether oxygens (including phenoxy) is 1. The van der Waals surface area contributed by atoms with Gasteiger partial charge >= 0.3 is 0 Å². The number of amides is 2. The molecule has 2 aromatic rings. The van der Waals surface area contributed by atoms with E-state index in [0.717, 1.165) is 0 Å². The smallest absolute Gasteiger partial charge is 0.275 e. The van der Waals surface area contributed by atoms with Crippen LogP contribution in [0.1, 0.15) is 17.4 Å². The molecule has 2 N–H and O–H groups in total. The highest BCUT2D eigenvalue weighted by atomic mass is 32.1. The maximum absolute atomic E-state index is 11.9. The Morgan fingerprint density at radius 2 is 2.10 bits per heavy atom. The van der Waals surface area contributed by atoms with E-state index in [-0.39, 0.29) is 11.8 Å². The minimum atomic E-state index is -0.291. The van der Waals surface area contributed by atoms with Crippen LogP contribution in [-0.4, -0.2) is 23.9 Å². The molecule has 0 aliphatic carbocycles. The zero-order chi connectivity index (χ0) is 14.5. The van der Waals surface area contributed by atoms with Crippen molar-refractivity contribution >= 4 is 34.5 Å². The summed E-state index contributed by atoms with van der Waals surface area (Å²) in [6.45, 7) is 1.41. The lowest BCUT2D eigenvalue weighted by molar-refractivity contribution is -0.114. The summed E-state index contributed by atoms with van der Waals surface area (Å²) >= 11 is 1.35. The van der Waals surface area contributed by atoms with Gasteiger partial charge in [0.15, 0.2) is 0 Å². The Balaban J connectivity index is 2.17. The van der Waals surface area contributed by atoms with E-state index in [1.54, 1.807) is 29.1 Å². The van der Waals surface area contributed by atoms with Crippen LogP contribution in [0.3, 0.4) is 0 Å². The number of anilines is 2. The van der Waals surface area contributed by atoms with Crippen molar-refractivity contribution in [1.82, 2.24) is 4.98 Å². The van der Waals surface area contributed by atoms with E-state index >= 15 is 0 Å². The molecule has 20 heavy (non-hydrogen) atoms. The standard InChI is InChI=1S/C13H13N3O3S/c1-8(17)15-10-4-3-9(5-12(10)19-2)16-13(18)11-6-20-7-14-11/h3-7H,1-2H3,(H,15,17)(H,16,18). The molecule has 0 atom stereocenters. The van der Waals surface area contributed by atoms with Crippen LogP contribution in [0.25, 0.3) is 0 Å². The zero-order valence-corrected chi connectivity index (χ0v) is 11.8. The van der Waals surface area contributed by atoms with E-state index in [9.17, 15) is 9.59 Å². The third kappa shape index (κ3) is 3.33. The predicted molar refractivity (Wildman–Crippen MR) is 77.4 cm³/mol. The Hall–Kier alpha value is -2.41. The van der Waals surface area contributed by atoms with Crippen molar-refractivity contribution in [3.05, 3.63) is 34.8 Å². The Morgan fingerprint density at radius 1 is 1.30 bits per heavy atom. The van der Waals surface area contributed by atoms with Gasteiger partial charge in [-0.3, -0.25) is 9.59 Å². The first kappa shape index (κ1) is 14.0. The molecule has 0 fully saturated rings. The average Bonchev–Trinajstić information content (AvgIpc) is 2.94. The van der Waals surface area contributed by atoms with Gasteiger partial charge in [0.05, 0.1) is 18.3 Å². The van der Waals surface area contributed by atoms with Gasteiger partial charge in [0.25, 0.3) is 5.91 Å². The lowest BCUT2D eigenvalue weighted by atomic mass is 10.2. The molecule has 0 spiro atoms. The van der Waals surface area contributed by atoms with E-state index in [2.05, 4.69) is 15.6 Å². The summed E-state index contributed by atoms with van der Waals surface area (Å²) < 4.78 is 5.18. The van der Waals surface area contributed by atoms with Gasteiger partial charge in [0.1, 0.15) is 11.4 Å². The number of hydrogen-bond donors (Lipinski definition) is 2. The van der Waals surface area contributed by atoms with E-state index in [1.807, 2.05) is 0 Å². The van der Waals surface area contributed by atoms with Gasteiger partial charge in [-0.15, -0.1) is 11.3 Å². The minimum absolute atomic E-state index is 0.192. The van der Waals surface area contributed by atoms with Crippen molar-refractivity contribution < 1.29 is 14.3 Å². The lowest BCUT2D eigenvalue weighted by Gasteiger charge is -2.11. The zero-order valence-electron chi connectivity index (χ0n) is 11.0. The third-order valence-corrected chi connectivity index (χ3v) is 3.02. The molecule has 104 valence electrons. The first-order chi connectivity index (χ1) is 9.60. The number of aromatic nitrogens is 1. The molecular formula is C13H13N3O3S. The van der Waals surface area contributed by atoms with Crippen LogP contribution in [0.5, 0.6) is 5.75 Å². The van der Waals surface area contributed by atoms with E-state index < -0.39 is 0 Å². The first-order valence-electron chi connectivity index (χ1n) is 5.75. The van der Waals surface area contributed by atoms with E-state index in [0.29, 0.717) is 22.8 Å². The summed E-state index contributed by atoms with van der Waals surface area (Å²) in [5.74, 6) is -0.0144. The monoisotopic (exact) mass is 291 g/mol. The van der Waals surface area contributed by atoms with Crippen LogP contribution in [0, 0.1) is 0 Å². The van der Waals surface area contributed by atoms with Crippen molar-refractivity contribution in [2.24, 2.45) is 0 Å². The molecular weight excluding hydrogens is 278 g/mol. The second-order valence-electron chi connectivity index (χ2n) is 3.92. The van der Waals surface area contributed by atoms with Gasteiger partial charge in [-0.2, -0.15) is 0 Å². The molecule has 0 unspecified atom stereocenters. The molecule has 0 aliphatic heterocycles. The fourth-order valence-electron chi connectivity index (χ4n) is 1.58. The predicted octanol–water partition coefficient (Wildman–Crippen LogP) is 2.36. The molecule has 1 aromatic carbocycles. The maximum Gasteiger partial charge on any atom is 0.275 e. The van der Waals surface area contributed by atoms with Crippen LogP contribution < -0.4 is 15.4 Å². The molecule has 2 rings (SSSR count). The highest BCUT2D eigenvalue weighted by molar-refractivity contribution is 7.07. The van der Waals surface area contributed by atoms with Gasteiger partial charge in [0.2, 0.25) is 5.91 Å². The number of benzene rings is 1. The Bertz CT molecular complexity index is 626. The van der Waals surface area contributed by atoms with Crippen molar-refractivity contribution in [3.63, 3.8) is 0 Å². The molecule has 7 heteroatoms. The molecule has 0 radical (unpaired) electrons. The van der Waals surface area contributed by atoms with Crippen LogP contribution in [-0.2, 0) is 4.79 Å². The number of hydrogen-bond acceptors (Lipinski definition) is 5. The largest absolute Gasteiger partial charge is 0.494 e. The lowest BCUT2D eigenvalue weighted by Crippen LogP contribution is -2.13. The molecule has 1 aromatic heterocycles. The second kappa shape index (κ2) is 6.16. The molecule has 0 aliphatic rings. The Kier molecular flexibility index (Phi) is 4.31. The third-order valence-electron chi connectivity index (χ3n) is 2.44. The average molecular weight is 291 g/mol. The van der Waals surface area contributed by atoms with E-state index in [1.165, 1.54) is 25.4 Å². The van der Waals surface area contributed by atoms with Crippen LogP contribution >= 0.6 is 11.3 Å². The number of nitrogens with zero attached hydrogens (tertiary/aromatic N) is 1. The summed E-state index contributed by atoms with van der Waals surface area (Å²) in [7, 11) is 1.49. The van der Waals surface area contributed by atoms with Crippen molar-refractivity contribution in [2.45, 2.75) is 6.92 Å². The van der Waals surface area contributed by atoms with Crippen molar-refractivity contribution in [1.29, 1.82) is 0 Å². The molecule has 0 bridgehead atoms. The number of carbonyl (C=O) groups is 2.